The summed E-state index contributed by atoms with van der Waals surface area (Å²) in [5, 5.41) is 6.22. The van der Waals surface area contributed by atoms with E-state index >= 15 is 0 Å². The van der Waals surface area contributed by atoms with Crippen molar-refractivity contribution in [1.29, 1.82) is 0 Å². The zero-order chi connectivity index (χ0) is 12.5. The molecule has 0 amide bonds. The van der Waals surface area contributed by atoms with Crippen molar-refractivity contribution in [1.82, 2.24) is 9.97 Å². The van der Waals surface area contributed by atoms with E-state index in [-0.39, 0.29) is 0 Å². The smallest absolute Gasteiger partial charge is 0.124 e. The van der Waals surface area contributed by atoms with Crippen LogP contribution in [0.15, 0.2) is 39.5 Å². The van der Waals surface area contributed by atoms with Gasteiger partial charge in [0.05, 0.1) is 5.01 Å². The molecule has 0 saturated heterocycles. The van der Waals surface area contributed by atoms with E-state index < -0.39 is 0 Å². The number of thiazole rings is 2. The molecule has 0 bridgehead atoms. The molecule has 0 unspecified atom stereocenters. The van der Waals surface area contributed by atoms with Gasteiger partial charge in [0.15, 0.2) is 0 Å². The lowest BCUT2D eigenvalue weighted by atomic mass is 10.2. The van der Waals surface area contributed by atoms with Crippen LogP contribution in [0.3, 0.4) is 0 Å². The Bertz CT molecular complexity index is 670. The van der Waals surface area contributed by atoms with Crippen molar-refractivity contribution in [3.8, 4) is 22.0 Å². The Balaban J connectivity index is 1.96. The second-order valence-electron chi connectivity index (χ2n) is 3.80. The molecule has 0 atom stereocenters. The maximum atomic E-state index is 4.64. The molecule has 0 fully saturated rings. The first-order valence-corrected chi connectivity index (χ1v) is 7.91. The molecule has 2 aromatic heterocycles. The van der Waals surface area contributed by atoms with Gasteiger partial charge in [-0.3, -0.25) is 0 Å². The van der Waals surface area contributed by atoms with E-state index in [9.17, 15) is 0 Å². The van der Waals surface area contributed by atoms with Gasteiger partial charge in [0, 0.05) is 20.8 Å². The highest BCUT2D eigenvalue weighted by Crippen LogP contribution is 2.29. The van der Waals surface area contributed by atoms with Gasteiger partial charge in [-0.05, 0) is 19.1 Å². The van der Waals surface area contributed by atoms with E-state index in [0.717, 1.165) is 31.4 Å². The molecule has 0 aliphatic heterocycles. The lowest BCUT2D eigenvalue weighted by Crippen LogP contribution is -1.79. The predicted molar refractivity (Wildman–Crippen MR) is 81.1 cm³/mol. The summed E-state index contributed by atoms with van der Waals surface area (Å²) < 4.78 is 1.08. The molecule has 2 nitrogen and oxygen atoms in total. The quantitative estimate of drug-likeness (QED) is 0.657. The van der Waals surface area contributed by atoms with Gasteiger partial charge >= 0.3 is 0 Å². The van der Waals surface area contributed by atoms with Crippen LogP contribution in [0.1, 0.15) is 5.01 Å². The minimum absolute atomic E-state index is 0.960. The maximum Gasteiger partial charge on any atom is 0.124 e. The highest BCUT2D eigenvalue weighted by molar-refractivity contribution is 9.10. The second kappa shape index (κ2) is 4.91. The molecule has 0 saturated carbocycles. The third kappa shape index (κ3) is 2.39. The van der Waals surface area contributed by atoms with E-state index in [0.29, 0.717) is 0 Å². The highest BCUT2D eigenvalue weighted by atomic mass is 79.9. The van der Waals surface area contributed by atoms with E-state index in [1.165, 1.54) is 0 Å². The molecule has 90 valence electrons. The van der Waals surface area contributed by atoms with Crippen LogP contribution in [0.5, 0.6) is 0 Å². The van der Waals surface area contributed by atoms with Crippen LogP contribution < -0.4 is 0 Å². The van der Waals surface area contributed by atoms with E-state index in [4.69, 9.17) is 0 Å². The molecule has 0 radical (unpaired) electrons. The SMILES string of the molecule is Cc1nc(-c2csc(-c3ccc(Br)cc3)n2)cs1. The first kappa shape index (κ1) is 12.0. The predicted octanol–water partition coefficient (Wildman–Crippen LogP) is 5.00. The van der Waals surface area contributed by atoms with E-state index in [1.807, 2.05) is 19.1 Å². The molecule has 18 heavy (non-hydrogen) atoms. The van der Waals surface area contributed by atoms with Gasteiger partial charge in [0.1, 0.15) is 16.4 Å². The molecule has 0 N–H and O–H groups in total. The van der Waals surface area contributed by atoms with Gasteiger partial charge in [-0.1, -0.05) is 28.1 Å². The monoisotopic (exact) mass is 336 g/mol. The number of halogens is 1. The van der Waals surface area contributed by atoms with Crippen LogP contribution in [-0.2, 0) is 0 Å². The van der Waals surface area contributed by atoms with Crippen molar-refractivity contribution in [3.05, 3.63) is 44.5 Å². The number of rotatable bonds is 2. The molecule has 1 aromatic carbocycles. The van der Waals surface area contributed by atoms with Crippen LogP contribution in [0.25, 0.3) is 22.0 Å². The number of benzene rings is 1. The summed E-state index contributed by atoms with van der Waals surface area (Å²) in [5.74, 6) is 0. The Morgan fingerprint density at radius 1 is 0.944 bits per heavy atom. The van der Waals surface area contributed by atoms with Crippen LogP contribution in [-0.4, -0.2) is 9.97 Å². The fourth-order valence-electron chi connectivity index (χ4n) is 1.60. The summed E-state index contributed by atoms with van der Waals surface area (Å²) in [5.41, 5.74) is 3.07. The zero-order valence-corrected chi connectivity index (χ0v) is 12.8. The molecule has 5 heteroatoms. The second-order valence-corrected chi connectivity index (χ2v) is 6.63. The number of aromatic nitrogens is 2. The number of aryl methyl sites for hydroxylation is 1. The molecule has 2 heterocycles. The van der Waals surface area contributed by atoms with Crippen LogP contribution >= 0.6 is 38.6 Å². The highest BCUT2D eigenvalue weighted by Gasteiger charge is 2.08. The van der Waals surface area contributed by atoms with Gasteiger partial charge in [0.25, 0.3) is 0 Å². The fraction of sp³-hybridized carbons (Fsp3) is 0.0769. The van der Waals surface area contributed by atoms with Gasteiger partial charge in [-0.25, -0.2) is 9.97 Å². The summed E-state index contributed by atoms with van der Waals surface area (Å²) in [7, 11) is 0. The molecular weight excluding hydrogens is 328 g/mol. The van der Waals surface area contributed by atoms with Crippen molar-refractivity contribution in [2.75, 3.05) is 0 Å². The molecule has 0 spiro atoms. The largest absolute Gasteiger partial charge is 0.240 e. The Hall–Kier alpha value is -1.04. The van der Waals surface area contributed by atoms with E-state index in [2.05, 4.69) is 48.8 Å². The molecule has 0 aliphatic rings. The van der Waals surface area contributed by atoms with E-state index in [1.54, 1.807) is 22.7 Å². The molecular formula is C13H9BrN2S2. The minimum atomic E-state index is 0.960. The van der Waals surface area contributed by atoms with Gasteiger partial charge in [-0.15, -0.1) is 22.7 Å². The Morgan fingerprint density at radius 3 is 2.28 bits per heavy atom. The third-order valence-corrected chi connectivity index (χ3v) is 4.67. The Labute approximate surface area is 121 Å². The summed E-state index contributed by atoms with van der Waals surface area (Å²) in [6.45, 7) is 2.01. The number of hydrogen-bond acceptors (Lipinski definition) is 4. The van der Waals surface area contributed by atoms with Crippen molar-refractivity contribution in [2.45, 2.75) is 6.92 Å². The normalized spacial score (nSPS) is 10.8. The average Bonchev–Trinajstić information content (AvgIpc) is 2.98. The van der Waals surface area contributed by atoms with Gasteiger partial charge in [0.2, 0.25) is 0 Å². The number of nitrogens with zero attached hydrogens (tertiary/aromatic N) is 2. The van der Waals surface area contributed by atoms with Crippen molar-refractivity contribution in [2.24, 2.45) is 0 Å². The Morgan fingerprint density at radius 2 is 1.61 bits per heavy atom. The minimum Gasteiger partial charge on any atom is -0.240 e. The Kier molecular flexibility index (Phi) is 3.28. The fourth-order valence-corrected chi connectivity index (χ4v) is 3.29. The van der Waals surface area contributed by atoms with Gasteiger partial charge in [-0.2, -0.15) is 0 Å². The number of hydrogen-bond donors (Lipinski definition) is 0. The molecule has 0 aliphatic carbocycles. The first-order valence-electron chi connectivity index (χ1n) is 5.36. The van der Waals surface area contributed by atoms with Crippen LogP contribution in [0.2, 0.25) is 0 Å². The van der Waals surface area contributed by atoms with Crippen molar-refractivity contribution < 1.29 is 0 Å². The topological polar surface area (TPSA) is 25.8 Å². The van der Waals surface area contributed by atoms with Crippen molar-refractivity contribution in [3.63, 3.8) is 0 Å². The third-order valence-electron chi connectivity index (χ3n) is 2.48. The van der Waals surface area contributed by atoms with Crippen LogP contribution in [0, 0.1) is 6.92 Å². The van der Waals surface area contributed by atoms with Crippen LogP contribution in [0.4, 0.5) is 0 Å². The average molecular weight is 337 g/mol. The standard InChI is InChI=1S/C13H9BrN2S2/c1-8-15-11(6-17-8)12-7-18-13(16-12)9-2-4-10(14)5-3-9/h2-7H,1H3. The first-order chi connectivity index (χ1) is 8.72. The summed E-state index contributed by atoms with van der Waals surface area (Å²) in [4.78, 5) is 9.10. The van der Waals surface area contributed by atoms with Crippen molar-refractivity contribution >= 4 is 38.6 Å². The summed E-state index contributed by atoms with van der Waals surface area (Å²) in [6, 6.07) is 8.20. The lowest BCUT2D eigenvalue weighted by molar-refractivity contribution is 1.27. The lowest BCUT2D eigenvalue weighted by Gasteiger charge is -1.95. The summed E-state index contributed by atoms with van der Waals surface area (Å²) >= 11 is 6.74. The summed E-state index contributed by atoms with van der Waals surface area (Å²) in [6.07, 6.45) is 0. The maximum absolute atomic E-state index is 4.64. The molecule has 3 aromatic rings. The molecule has 3 rings (SSSR count). The zero-order valence-electron chi connectivity index (χ0n) is 9.55. The van der Waals surface area contributed by atoms with Gasteiger partial charge < -0.3 is 0 Å².